The summed E-state index contributed by atoms with van der Waals surface area (Å²) in [6, 6.07) is 23.0. The fourth-order valence-corrected chi connectivity index (χ4v) is 8.25. The molecule has 2 aromatic heterocycles. The monoisotopic (exact) mass is 653 g/mol. The first kappa shape index (κ1) is 31.6. The number of H-pyrrole nitrogens is 2. The van der Waals surface area contributed by atoms with Gasteiger partial charge in [-0.1, -0.05) is 61.7 Å². The van der Waals surface area contributed by atoms with E-state index in [9.17, 15) is 0 Å². The van der Waals surface area contributed by atoms with Crippen LogP contribution >= 0.6 is 0 Å². The third-order valence-electron chi connectivity index (χ3n) is 11.0. The van der Waals surface area contributed by atoms with Gasteiger partial charge in [-0.2, -0.15) is 0 Å². The molecule has 3 saturated heterocycles. The maximum atomic E-state index is 5.64. The molecular formula is C41H47N7O. The number of ether oxygens (including phenoxy) is 1. The Morgan fingerprint density at radius 2 is 1.39 bits per heavy atom. The highest BCUT2D eigenvalue weighted by molar-refractivity contribution is 5.90. The second-order valence-corrected chi connectivity index (χ2v) is 14.0. The Balaban J connectivity index is 0.960. The van der Waals surface area contributed by atoms with Crippen molar-refractivity contribution in [1.82, 2.24) is 35.1 Å². The summed E-state index contributed by atoms with van der Waals surface area (Å²) in [6.07, 6.45) is 12.4. The van der Waals surface area contributed by atoms with E-state index in [0.717, 1.165) is 92.7 Å². The van der Waals surface area contributed by atoms with Gasteiger partial charge in [0, 0.05) is 31.0 Å². The largest absolute Gasteiger partial charge is 0.383 e. The Labute approximate surface area is 289 Å². The van der Waals surface area contributed by atoms with E-state index < -0.39 is 0 Å². The lowest BCUT2D eigenvalue weighted by molar-refractivity contribution is 0.0556. The van der Waals surface area contributed by atoms with Crippen LogP contribution in [0.25, 0.3) is 44.4 Å². The Morgan fingerprint density at radius 3 is 2.08 bits per heavy atom. The lowest BCUT2D eigenvalue weighted by atomic mass is 9.89. The molecule has 0 radical (unpaired) electrons. The maximum Gasteiger partial charge on any atom is 0.129 e. The van der Waals surface area contributed by atoms with Gasteiger partial charge in [0.2, 0.25) is 0 Å². The van der Waals surface area contributed by atoms with Crippen molar-refractivity contribution >= 4 is 10.8 Å². The zero-order chi connectivity index (χ0) is 33.3. The molecule has 0 saturated carbocycles. The van der Waals surface area contributed by atoms with Crippen LogP contribution in [-0.4, -0.2) is 69.1 Å². The Hall–Kier alpha value is -4.66. The molecule has 3 N–H and O–H groups in total. The minimum absolute atomic E-state index is 0.162. The van der Waals surface area contributed by atoms with Gasteiger partial charge in [-0.3, -0.25) is 4.90 Å². The molecule has 3 atom stereocenters. The van der Waals surface area contributed by atoms with Crippen LogP contribution in [0, 0.1) is 5.92 Å². The number of hydrogen-bond donors (Lipinski definition) is 3. The van der Waals surface area contributed by atoms with Crippen LogP contribution < -0.4 is 5.32 Å². The van der Waals surface area contributed by atoms with E-state index in [0.29, 0.717) is 12.0 Å². The first-order valence-electron chi connectivity index (χ1n) is 17.9. The van der Waals surface area contributed by atoms with Gasteiger partial charge in [0.15, 0.2) is 0 Å². The SMILES string of the molecule is C=CN[C@H](C(=C)N1CCC[C@H]1c1ncc(-c2ccc(-c3ccc4cc(-c5cnc([C@@H]6CCCN6C)[nH]5)ccc4c3)cc2)[nH]1)C1CCOCC1. The van der Waals surface area contributed by atoms with Gasteiger partial charge in [-0.25, -0.2) is 9.97 Å². The van der Waals surface area contributed by atoms with Crippen LogP contribution in [0.1, 0.15) is 62.3 Å². The molecule has 49 heavy (non-hydrogen) atoms. The summed E-state index contributed by atoms with van der Waals surface area (Å²) in [4.78, 5) is 21.7. The van der Waals surface area contributed by atoms with Gasteiger partial charge < -0.3 is 24.9 Å². The number of imidazole rings is 2. The average Bonchev–Trinajstić information content (AvgIpc) is 3.98. The standard InChI is InChI=1S/C41H47N7O/c1-4-42-39(30-17-21-49-22-18-30)27(2)48-20-6-8-38(48)41-44-25-35(45-41)29-11-9-28(10-12-29)31-13-14-33-24-34(16-15-32(33)23-31)36-26-43-40(46-36)37-7-5-19-47(37)3/h4,9-16,23-26,30,37-39,42H,1-2,5-8,17-22H2,3H3,(H,43,46)(H,44,45)/t37-,38-,39+/m0/s1. The molecule has 0 spiro atoms. The van der Waals surface area contributed by atoms with Crippen molar-refractivity contribution in [2.24, 2.45) is 5.92 Å². The predicted octanol–water partition coefficient (Wildman–Crippen LogP) is 8.23. The van der Waals surface area contributed by atoms with Crippen molar-refractivity contribution in [3.05, 3.63) is 110 Å². The third-order valence-corrected chi connectivity index (χ3v) is 11.0. The highest BCUT2D eigenvalue weighted by Crippen LogP contribution is 2.38. The fourth-order valence-electron chi connectivity index (χ4n) is 8.25. The molecule has 3 aliphatic rings. The highest BCUT2D eigenvalue weighted by atomic mass is 16.5. The van der Waals surface area contributed by atoms with E-state index in [-0.39, 0.29) is 12.1 Å². The number of nitrogens with one attached hydrogen (secondary N) is 3. The number of hydrogen-bond acceptors (Lipinski definition) is 6. The number of aromatic nitrogens is 4. The Morgan fingerprint density at radius 1 is 0.796 bits per heavy atom. The quantitative estimate of drug-likeness (QED) is 0.141. The normalized spacial score (nSPS) is 21.0. The van der Waals surface area contributed by atoms with Gasteiger partial charge >= 0.3 is 0 Å². The second-order valence-electron chi connectivity index (χ2n) is 14.0. The third kappa shape index (κ3) is 6.31. The highest BCUT2D eigenvalue weighted by Gasteiger charge is 2.35. The first-order valence-corrected chi connectivity index (χ1v) is 17.9. The number of likely N-dealkylation sites (tertiary alicyclic amines) is 2. The summed E-state index contributed by atoms with van der Waals surface area (Å²) in [5.41, 5.74) is 7.95. The van der Waals surface area contributed by atoms with Crippen LogP contribution in [0.3, 0.4) is 0 Å². The molecule has 8 nitrogen and oxygen atoms in total. The van der Waals surface area contributed by atoms with E-state index in [1.807, 2.05) is 18.6 Å². The topological polar surface area (TPSA) is 85.1 Å². The second kappa shape index (κ2) is 13.7. The zero-order valence-electron chi connectivity index (χ0n) is 28.5. The van der Waals surface area contributed by atoms with Crippen LogP contribution in [-0.2, 0) is 4.74 Å². The minimum atomic E-state index is 0.162. The molecule has 0 bridgehead atoms. The molecule has 8 heteroatoms. The zero-order valence-corrected chi connectivity index (χ0v) is 28.5. The smallest absolute Gasteiger partial charge is 0.129 e. The minimum Gasteiger partial charge on any atom is -0.383 e. The summed E-state index contributed by atoms with van der Waals surface area (Å²) in [5, 5.41) is 5.96. The summed E-state index contributed by atoms with van der Waals surface area (Å²) in [5.74, 6) is 2.57. The van der Waals surface area contributed by atoms with Gasteiger partial charge in [0.05, 0.1) is 41.9 Å². The number of fused-ring (bicyclic) bond motifs is 1. The van der Waals surface area contributed by atoms with Gasteiger partial charge in [0.25, 0.3) is 0 Å². The summed E-state index contributed by atoms with van der Waals surface area (Å²) in [6.45, 7) is 12.3. The molecule has 5 aromatic rings. The van der Waals surface area contributed by atoms with Crippen molar-refractivity contribution in [2.45, 2.75) is 56.7 Å². The van der Waals surface area contributed by atoms with E-state index in [4.69, 9.17) is 14.7 Å². The lowest BCUT2D eigenvalue weighted by Gasteiger charge is -2.38. The molecule has 0 unspecified atom stereocenters. The van der Waals surface area contributed by atoms with Crippen molar-refractivity contribution in [2.75, 3.05) is 33.4 Å². The fraction of sp³-hybridized carbons (Fsp3) is 0.366. The summed E-state index contributed by atoms with van der Waals surface area (Å²) < 4.78 is 5.64. The maximum absolute atomic E-state index is 5.64. The van der Waals surface area contributed by atoms with Gasteiger partial charge in [-0.15, -0.1) is 0 Å². The van der Waals surface area contributed by atoms with Crippen molar-refractivity contribution in [3.8, 4) is 33.6 Å². The number of nitrogens with zero attached hydrogens (tertiary/aromatic N) is 4. The molecule has 0 aliphatic carbocycles. The molecule has 5 heterocycles. The molecule has 3 aliphatic heterocycles. The molecule has 0 amide bonds. The van der Waals surface area contributed by atoms with E-state index >= 15 is 0 Å². The van der Waals surface area contributed by atoms with E-state index in [1.54, 1.807) is 0 Å². The van der Waals surface area contributed by atoms with Crippen LogP contribution in [0.15, 0.2) is 98.1 Å². The Kier molecular flexibility index (Phi) is 8.83. The number of rotatable bonds is 10. The van der Waals surface area contributed by atoms with Crippen LogP contribution in [0.2, 0.25) is 0 Å². The molecule has 3 aromatic carbocycles. The summed E-state index contributed by atoms with van der Waals surface area (Å²) in [7, 11) is 2.18. The first-order chi connectivity index (χ1) is 24.1. The molecule has 252 valence electrons. The van der Waals surface area contributed by atoms with Crippen LogP contribution in [0.4, 0.5) is 0 Å². The van der Waals surface area contributed by atoms with Gasteiger partial charge in [-0.05, 0) is 104 Å². The van der Waals surface area contributed by atoms with Crippen molar-refractivity contribution in [1.29, 1.82) is 0 Å². The Bertz CT molecular complexity index is 1930. The van der Waals surface area contributed by atoms with E-state index in [2.05, 4.69) is 106 Å². The lowest BCUT2D eigenvalue weighted by Crippen LogP contribution is -2.43. The van der Waals surface area contributed by atoms with Crippen molar-refractivity contribution in [3.63, 3.8) is 0 Å². The van der Waals surface area contributed by atoms with E-state index in [1.165, 1.54) is 33.9 Å². The predicted molar refractivity (Wildman–Crippen MR) is 198 cm³/mol. The van der Waals surface area contributed by atoms with Crippen molar-refractivity contribution < 1.29 is 4.74 Å². The number of aromatic amines is 2. The number of benzene rings is 3. The van der Waals surface area contributed by atoms with Gasteiger partial charge in [0.1, 0.15) is 11.6 Å². The molecule has 3 fully saturated rings. The van der Waals surface area contributed by atoms with Crippen LogP contribution in [0.5, 0.6) is 0 Å². The summed E-state index contributed by atoms with van der Waals surface area (Å²) >= 11 is 0. The molecule has 8 rings (SSSR count). The molecular weight excluding hydrogens is 606 g/mol. The average molecular weight is 654 g/mol.